The fourth-order valence-electron chi connectivity index (χ4n) is 3.94. The van der Waals surface area contributed by atoms with Gasteiger partial charge < -0.3 is 14.5 Å². The largest absolute Gasteiger partial charge is 0.468 e. The molecule has 2 aliphatic rings. The molecule has 2 fully saturated rings. The molecular weight excluding hydrogens is 370 g/mol. The van der Waals surface area contributed by atoms with E-state index in [9.17, 15) is 18.0 Å². The fourth-order valence-corrected chi connectivity index (χ4v) is 5.66. The van der Waals surface area contributed by atoms with Gasteiger partial charge in [-0.2, -0.15) is 0 Å². The lowest BCUT2D eigenvalue weighted by atomic mass is 9.86. The molecular formula is C19H27NO6S. The van der Waals surface area contributed by atoms with Crippen molar-refractivity contribution in [1.29, 1.82) is 0 Å². The monoisotopic (exact) mass is 397 g/mol. The highest BCUT2D eigenvalue weighted by molar-refractivity contribution is 7.92. The minimum absolute atomic E-state index is 0.0570. The first-order valence-corrected chi connectivity index (χ1v) is 11.3. The number of furan rings is 1. The Morgan fingerprint density at radius 2 is 2.04 bits per heavy atom. The van der Waals surface area contributed by atoms with Crippen LogP contribution >= 0.6 is 0 Å². The number of ketones is 1. The van der Waals surface area contributed by atoms with Crippen molar-refractivity contribution in [3.8, 4) is 0 Å². The van der Waals surface area contributed by atoms with Gasteiger partial charge in [-0.3, -0.25) is 9.59 Å². The van der Waals surface area contributed by atoms with E-state index in [0.717, 1.165) is 32.1 Å². The Hall–Kier alpha value is -1.67. The van der Waals surface area contributed by atoms with Crippen LogP contribution in [0.2, 0.25) is 0 Å². The number of sulfone groups is 1. The highest BCUT2D eigenvalue weighted by Gasteiger charge is 2.40. The van der Waals surface area contributed by atoms with Crippen molar-refractivity contribution in [1.82, 2.24) is 5.32 Å². The maximum Gasteiger partial charge on any atom is 0.239 e. The quantitative estimate of drug-likeness (QED) is 0.755. The summed E-state index contributed by atoms with van der Waals surface area (Å²) in [6, 6.07) is 2.42. The first-order chi connectivity index (χ1) is 12.9. The van der Waals surface area contributed by atoms with E-state index in [1.165, 1.54) is 6.26 Å². The highest BCUT2D eigenvalue weighted by Crippen LogP contribution is 2.30. The second kappa shape index (κ2) is 8.56. The van der Waals surface area contributed by atoms with E-state index in [1.54, 1.807) is 19.1 Å². The first-order valence-electron chi connectivity index (χ1n) is 9.55. The predicted octanol–water partition coefficient (Wildman–Crippen LogP) is 2.01. The Kier molecular flexibility index (Phi) is 6.37. The summed E-state index contributed by atoms with van der Waals surface area (Å²) in [6.07, 6.45) is 6.38. The molecule has 27 heavy (non-hydrogen) atoms. The standard InChI is InChI=1S/C19H27NO6S/c1-13-18(16(21)11-26-13)20-19(22)17(10-14-6-3-2-4-7-14)27(23,24)12-15-8-5-9-25-15/h5,8-9,13-14,17-18H,2-4,6-7,10-12H2,1H3,(H,20,22)/t13?,17-,18-/m0/s1. The second-order valence-corrected chi connectivity index (χ2v) is 9.77. The van der Waals surface area contributed by atoms with Crippen molar-refractivity contribution in [3.05, 3.63) is 24.2 Å². The van der Waals surface area contributed by atoms with E-state index < -0.39 is 33.1 Å². The molecule has 1 aromatic heterocycles. The lowest BCUT2D eigenvalue weighted by Crippen LogP contribution is -2.50. The van der Waals surface area contributed by atoms with Gasteiger partial charge in [0, 0.05) is 0 Å². The van der Waals surface area contributed by atoms with Crippen LogP contribution in [0.15, 0.2) is 22.8 Å². The third-order valence-corrected chi connectivity index (χ3v) is 7.48. The third kappa shape index (κ3) is 4.99. The Morgan fingerprint density at radius 1 is 1.30 bits per heavy atom. The number of hydrogen-bond acceptors (Lipinski definition) is 6. The zero-order chi connectivity index (χ0) is 19.4. The van der Waals surface area contributed by atoms with Gasteiger partial charge in [-0.1, -0.05) is 32.1 Å². The van der Waals surface area contributed by atoms with Crippen LogP contribution < -0.4 is 5.32 Å². The highest BCUT2D eigenvalue weighted by atomic mass is 32.2. The number of amides is 1. The van der Waals surface area contributed by atoms with Crippen molar-refractivity contribution in [2.45, 2.75) is 68.6 Å². The summed E-state index contributed by atoms with van der Waals surface area (Å²) >= 11 is 0. The minimum atomic E-state index is -3.78. The van der Waals surface area contributed by atoms with Gasteiger partial charge >= 0.3 is 0 Å². The fraction of sp³-hybridized carbons (Fsp3) is 0.684. The molecule has 2 heterocycles. The summed E-state index contributed by atoms with van der Waals surface area (Å²) in [4.78, 5) is 24.8. The number of rotatable bonds is 7. The number of carbonyl (C=O) groups is 2. The Bertz CT molecular complexity index is 751. The number of nitrogens with one attached hydrogen (secondary N) is 1. The Balaban J connectivity index is 1.77. The normalized spacial score (nSPS) is 25.4. The number of carbonyl (C=O) groups excluding carboxylic acids is 2. The zero-order valence-corrected chi connectivity index (χ0v) is 16.4. The molecule has 1 aliphatic carbocycles. The lowest BCUT2D eigenvalue weighted by molar-refractivity contribution is -0.126. The van der Waals surface area contributed by atoms with Crippen molar-refractivity contribution in [2.24, 2.45) is 5.92 Å². The van der Waals surface area contributed by atoms with Crippen LogP contribution in [0.1, 0.15) is 51.2 Å². The minimum Gasteiger partial charge on any atom is -0.468 e. The summed E-state index contributed by atoms with van der Waals surface area (Å²) in [7, 11) is -3.78. The van der Waals surface area contributed by atoms with E-state index in [-0.39, 0.29) is 30.5 Å². The topological polar surface area (TPSA) is 103 Å². The molecule has 8 heteroatoms. The summed E-state index contributed by atoms with van der Waals surface area (Å²) in [6.45, 7) is 1.64. The maximum absolute atomic E-state index is 13.0. The molecule has 0 aromatic carbocycles. The predicted molar refractivity (Wildman–Crippen MR) is 98.7 cm³/mol. The van der Waals surface area contributed by atoms with Crippen LogP contribution in [0.4, 0.5) is 0 Å². The van der Waals surface area contributed by atoms with Gasteiger partial charge in [-0.05, 0) is 31.4 Å². The van der Waals surface area contributed by atoms with Gasteiger partial charge in [0.05, 0.1) is 12.4 Å². The molecule has 1 unspecified atom stereocenters. The van der Waals surface area contributed by atoms with Gasteiger partial charge in [0.15, 0.2) is 15.6 Å². The van der Waals surface area contributed by atoms with Gasteiger partial charge in [-0.15, -0.1) is 0 Å². The van der Waals surface area contributed by atoms with Crippen LogP contribution in [0, 0.1) is 5.92 Å². The van der Waals surface area contributed by atoms with Gasteiger partial charge in [0.25, 0.3) is 0 Å². The number of ether oxygens (including phenoxy) is 1. The Morgan fingerprint density at radius 3 is 2.63 bits per heavy atom. The van der Waals surface area contributed by atoms with E-state index in [2.05, 4.69) is 5.32 Å². The SMILES string of the molecule is CC1OCC(=O)[C@H]1NC(=O)[C@H](CC1CCCCC1)S(=O)(=O)Cc1ccco1. The maximum atomic E-state index is 13.0. The summed E-state index contributed by atoms with van der Waals surface area (Å²) in [5, 5.41) is 1.44. The van der Waals surface area contributed by atoms with Crippen LogP contribution in [-0.2, 0) is 29.9 Å². The van der Waals surface area contributed by atoms with Crippen molar-refractivity contribution in [2.75, 3.05) is 6.61 Å². The van der Waals surface area contributed by atoms with E-state index in [4.69, 9.17) is 9.15 Å². The average Bonchev–Trinajstić information content (AvgIpc) is 3.25. The molecule has 1 N–H and O–H groups in total. The van der Waals surface area contributed by atoms with E-state index in [0.29, 0.717) is 5.76 Å². The van der Waals surface area contributed by atoms with E-state index >= 15 is 0 Å². The molecule has 1 aromatic rings. The molecule has 0 bridgehead atoms. The second-order valence-electron chi connectivity index (χ2n) is 7.58. The molecule has 7 nitrogen and oxygen atoms in total. The Labute approximate surface area is 159 Å². The summed E-state index contributed by atoms with van der Waals surface area (Å²) < 4.78 is 36.4. The average molecular weight is 397 g/mol. The van der Waals surface area contributed by atoms with Crippen LogP contribution in [-0.4, -0.2) is 44.1 Å². The molecule has 3 atom stereocenters. The van der Waals surface area contributed by atoms with Crippen LogP contribution in [0.25, 0.3) is 0 Å². The van der Waals surface area contributed by atoms with E-state index in [1.807, 2.05) is 0 Å². The van der Waals surface area contributed by atoms with Gasteiger partial charge in [0.1, 0.15) is 29.4 Å². The lowest BCUT2D eigenvalue weighted by Gasteiger charge is -2.27. The molecule has 150 valence electrons. The van der Waals surface area contributed by atoms with Crippen molar-refractivity contribution < 1.29 is 27.2 Å². The van der Waals surface area contributed by atoms with Crippen molar-refractivity contribution >= 4 is 21.5 Å². The van der Waals surface area contributed by atoms with Crippen LogP contribution in [0.5, 0.6) is 0 Å². The first kappa shape index (κ1) is 20.1. The molecule has 0 spiro atoms. The number of Topliss-reactive ketones (excluding diaryl/α,β-unsaturated/α-hetero) is 1. The zero-order valence-electron chi connectivity index (χ0n) is 15.6. The smallest absolute Gasteiger partial charge is 0.239 e. The third-order valence-electron chi connectivity index (χ3n) is 5.52. The molecule has 3 rings (SSSR count). The molecule has 0 radical (unpaired) electrons. The molecule has 1 aliphatic heterocycles. The molecule has 1 amide bonds. The van der Waals surface area contributed by atoms with Gasteiger partial charge in [0.2, 0.25) is 5.91 Å². The molecule has 1 saturated heterocycles. The van der Waals surface area contributed by atoms with Gasteiger partial charge in [-0.25, -0.2) is 8.42 Å². The van der Waals surface area contributed by atoms with Crippen LogP contribution in [0.3, 0.4) is 0 Å². The summed E-state index contributed by atoms with van der Waals surface area (Å²) in [5.74, 6) is -0.646. The number of hydrogen-bond donors (Lipinski definition) is 1. The molecule has 1 saturated carbocycles. The summed E-state index contributed by atoms with van der Waals surface area (Å²) in [5.41, 5.74) is 0. The van der Waals surface area contributed by atoms with Crippen molar-refractivity contribution in [3.63, 3.8) is 0 Å².